The highest BCUT2D eigenvalue weighted by Gasteiger charge is 2.33. The molecule has 0 aromatic rings. The fourth-order valence-electron chi connectivity index (χ4n) is 0.692. The van der Waals surface area contributed by atoms with Crippen LogP contribution in [0.3, 0.4) is 0 Å². The van der Waals surface area contributed by atoms with E-state index in [4.69, 9.17) is 25.0 Å². The fourth-order valence-corrected chi connectivity index (χ4v) is 1.30. The van der Waals surface area contributed by atoms with Crippen LogP contribution in [0.25, 0.3) is 0 Å². The lowest BCUT2D eigenvalue weighted by molar-refractivity contribution is -0.143. The zero-order chi connectivity index (χ0) is 16.5. The van der Waals surface area contributed by atoms with Gasteiger partial charge in [0.2, 0.25) is 0 Å². The van der Waals surface area contributed by atoms with Gasteiger partial charge in [0.1, 0.15) is 0 Å². The summed E-state index contributed by atoms with van der Waals surface area (Å²) in [5.41, 5.74) is 0. The number of aliphatic carboxylic acids is 4. The van der Waals surface area contributed by atoms with Gasteiger partial charge in [-0.2, -0.15) is 8.42 Å². The van der Waals surface area contributed by atoms with E-state index in [1.165, 1.54) is 0 Å². The van der Waals surface area contributed by atoms with Crippen LogP contribution in [0.2, 0.25) is 0 Å². The third kappa shape index (κ3) is 15.7. The summed E-state index contributed by atoms with van der Waals surface area (Å²) < 4.78 is 28.7. The minimum atomic E-state index is -4.84. The summed E-state index contributed by atoms with van der Waals surface area (Å²) in [7, 11) is -4.84. The van der Waals surface area contributed by atoms with Gasteiger partial charge in [-0.05, 0) is 0 Å². The molecule has 1 atom stereocenters. The highest BCUT2D eigenvalue weighted by atomic mass is 32.2. The van der Waals surface area contributed by atoms with E-state index in [0.29, 0.717) is 0 Å². The first-order chi connectivity index (χ1) is 8.87. The van der Waals surface area contributed by atoms with E-state index in [1.807, 2.05) is 0 Å². The molecule has 0 aromatic carbocycles. The second-order valence-electron chi connectivity index (χ2n) is 3.23. The molecule has 0 radical (unpaired) electrons. The average molecular weight is 333 g/mol. The summed E-state index contributed by atoms with van der Waals surface area (Å²) >= 11 is 0. The number of hydrogen-bond donors (Lipinski definition) is 6. The molecular formula is C8H15NO11S. The highest BCUT2D eigenvalue weighted by molar-refractivity contribution is 7.87. The van der Waals surface area contributed by atoms with Crippen LogP contribution in [0, 0.1) is 0 Å². The highest BCUT2D eigenvalue weighted by Crippen LogP contribution is 2.04. The Hall–Kier alpha value is -2.25. The summed E-state index contributed by atoms with van der Waals surface area (Å²) in [6, 6.07) is 0. The van der Waals surface area contributed by atoms with Gasteiger partial charge in [0.25, 0.3) is 10.1 Å². The Morgan fingerprint density at radius 3 is 1.24 bits per heavy atom. The molecule has 8 N–H and O–H groups in total. The summed E-state index contributed by atoms with van der Waals surface area (Å²) in [6.45, 7) is 0. The van der Waals surface area contributed by atoms with Crippen molar-refractivity contribution in [2.45, 2.75) is 24.5 Å². The van der Waals surface area contributed by atoms with Crippen molar-refractivity contribution in [3.8, 4) is 0 Å². The minimum absolute atomic E-state index is 0. The van der Waals surface area contributed by atoms with Crippen LogP contribution in [0.4, 0.5) is 0 Å². The molecule has 0 aliphatic heterocycles. The normalized spacial score (nSPS) is 11.1. The van der Waals surface area contributed by atoms with Gasteiger partial charge in [0.05, 0.1) is 19.3 Å². The van der Waals surface area contributed by atoms with E-state index >= 15 is 0 Å². The predicted molar refractivity (Wildman–Crippen MR) is 64.8 cm³/mol. The van der Waals surface area contributed by atoms with Crippen molar-refractivity contribution >= 4 is 34.0 Å². The van der Waals surface area contributed by atoms with Gasteiger partial charge in [0, 0.05) is 0 Å². The Morgan fingerprint density at radius 2 is 1.14 bits per heavy atom. The molecule has 0 aliphatic rings. The Morgan fingerprint density at radius 1 is 0.810 bits per heavy atom. The number of carboxylic acid groups (broad SMARTS) is 4. The van der Waals surface area contributed by atoms with E-state index in [2.05, 4.69) is 0 Å². The molecule has 0 bridgehead atoms. The van der Waals surface area contributed by atoms with Crippen molar-refractivity contribution < 1.29 is 52.6 Å². The van der Waals surface area contributed by atoms with Crippen LogP contribution in [-0.4, -0.2) is 62.5 Å². The van der Waals surface area contributed by atoms with Crippen LogP contribution in [0.1, 0.15) is 19.3 Å². The van der Waals surface area contributed by atoms with E-state index < -0.39 is 45.7 Å². The maximum absolute atomic E-state index is 10.2. The van der Waals surface area contributed by atoms with Crippen molar-refractivity contribution in [2.24, 2.45) is 0 Å². The Bertz CT molecular complexity index is 468. The van der Waals surface area contributed by atoms with E-state index in [0.717, 1.165) is 0 Å². The molecule has 0 spiro atoms. The lowest BCUT2D eigenvalue weighted by Crippen LogP contribution is -2.31. The van der Waals surface area contributed by atoms with E-state index in [1.54, 1.807) is 0 Å². The summed E-state index contributed by atoms with van der Waals surface area (Å²) in [5.74, 6) is -5.65. The van der Waals surface area contributed by atoms with Crippen LogP contribution in [0.5, 0.6) is 0 Å². The van der Waals surface area contributed by atoms with Crippen molar-refractivity contribution in [3.05, 3.63) is 0 Å². The first-order valence-electron chi connectivity index (χ1n) is 4.72. The van der Waals surface area contributed by atoms with Crippen LogP contribution < -0.4 is 6.15 Å². The second kappa shape index (κ2) is 10.5. The average Bonchev–Trinajstić information content (AvgIpc) is 2.22. The second-order valence-corrected chi connectivity index (χ2v) is 4.83. The van der Waals surface area contributed by atoms with Crippen LogP contribution in [-0.2, 0) is 29.3 Å². The van der Waals surface area contributed by atoms with Gasteiger partial charge in [-0.25, -0.2) is 0 Å². The molecule has 0 saturated carbocycles. The first kappa shape index (κ1) is 23.8. The topological polar surface area (TPSA) is 239 Å². The number of carboxylic acids is 4. The molecule has 1 unspecified atom stereocenters. The summed E-state index contributed by atoms with van der Waals surface area (Å²) in [6.07, 6.45) is -1.75. The van der Waals surface area contributed by atoms with Gasteiger partial charge < -0.3 is 26.6 Å². The molecule has 0 aliphatic carbocycles. The SMILES string of the molecule is N.O=C(O)CC(C(=O)O)S(=O)(=O)O.O=C(O)CCC(=O)O. The largest absolute Gasteiger partial charge is 0.481 e. The number of hydrogen-bond acceptors (Lipinski definition) is 7. The molecule has 13 heteroatoms. The minimum Gasteiger partial charge on any atom is -0.481 e. The maximum Gasteiger partial charge on any atom is 0.325 e. The zero-order valence-electron chi connectivity index (χ0n) is 10.5. The quantitative estimate of drug-likeness (QED) is 0.304. The third-order valence-electron chi connectivity index (χ3n) is 1.55. The summed E-state index contributed by atoms with van der Waals surface area (Å²) in [4.78, 5) is 39.3. The molecule has 124 valence electrons. The van der Waals surface area contributed by atoms with Crippen molar-refractivity contribution in [3.63, 3.8) is 0 Å². The molecular weight excluding hydrogens is 318 g/mol. The Kier molecular flexibility index (Phi) is 11.9. The molecule has 0 saturated heterocycles. The molecule has 0 aromatic heterocycles. The van der Waals surface area contributed by atoms with Crippen molar-refractivity contribution in [1.82, 2.24) is 6.15 Å². The monoisotopic (exact) mass is 333 g/mol. The Labute approximate surface area is 118 Å². The van der Waals surface area contributed by atoms with Gasteiger partial charge in [-0.15, -0.1) is 0 Å². The van der Waals surface area contributed by atoms with Crippen molar-refractivity contribution in [2.75, 3.05) is 0 Å². The molecule has 0 heterocycles. The fraction of sp³-hybridized carbons (Fsp3) is 0.500. The molecule has 0 amide bonds. The van der Waals surface area contributed by atoms with E-state index in [-0.39, 0.29) is 19.0 Å². The first-order valence-corrected chi connectivity index (χ1v) is 6.22. The van der Waals surface area contributed by atoms with Crippen molar-refractivity contribution in [1.29, 1.82) is 0 Å². The van der Waals surface area contributed by atoms with E-state index in [9.17, 15) is 27.6 Å². The predicted octanol–water partition coefficient (Wildman–Crippen LogP) is -1.10. The maximum atomic E-state index is 10.2. The Balaban J connectivity index is -0.000000317. The van der Waals surface area contributed by atoms with Gasteiger partial charge in [-0.1, -0.05) is 0 Å². The van der Waals surface area contributed by atoms with Crippen LogP contribution >= 0.6 is 0 Å². The lowest BCUT2D eigenvalue weighted by Gasteiger charge is -2.04. The smallest absolute Gasteiger partial charge is 0.325 e. The van der Waals surface area contributed by atoms with Gasteiger partial charge in [0.15, 0.2) is 5.25 Å². The lowest BCUT2D eigenvalue weighted by atomic mass is 10.3. The molecule has 21 heavy (non-hydrogen) atoms. The standard InChI is InChI=1S/C4H6O7S.C4H6O4.H3N/c5-3(6)1-2(4(7)8)12(9,10)11;5-3(6)1-2-4(7)8;/h2H,1H2,(H,5,6)(H,7,8)(H,9,10,11);1-2H2,(H,5,6)(H,7,8);1H3. The van der Waals surface area contributed by atoms with Gasteiger partial charge >= 0.3 is 23.9 Å². The van der Waals surface area contributed by atoms with Gasteiger partial charge in [-0.3, -0.25) is 23.7 Å². The number of carbonyl (C=O) groups is 4. The number of rotatable bonds is 7. The van der Waals surface area contributed by atoms with Crippen LogP contribution in [0.15, 0.2) is 0 Å². The molecule has 0 rings (SSSR count). The zero-order valence-corrected chi connectivity index (χ0v) is 11.3. The molecule has 0 fully saturated rings. The molecule has 12 nitrogen and oxygen atoms in total. The third-order valence-corrected chi connectivity index (χ3v) is 2.64. The summed E-state index contributed by atoms with van der Waals surface area (Å²) in [5, 5.41) is 29.7.